The first-order valence-electron chi connectivity index (χ1n) is 7.07. The van der Waals surface area contributed by atoms with Crippen LogP contribution in [0.2, 0.25) is 0 Å². The second kappa shape index (κ2) is 6.34. The Morgan fingerprint density at radius 2 is 2.00 bits per heavy atom. The first-order chi connectivity index (χ1) is 9.11. The van der Waals surface area contributed by atoms with Crippen molar-refractivity contribution >= 4 is 11.9 Å². The van der Waals surface area contributed by atoms with Gasteiger partial charge in [-0.3, -0.25) is 9.69 Å². The van der Waals surface area contributed by atoms with Crippen molar-refractivity contribution in [2.45, 2.75) is 37.8 Å². The van der Waals surface area contributed by atoms with E-state index in [0.717, 1.165) is 6.54 Å². The van der Waals surface area contributed by atoms with Crippen molar-refractivity contribution in [3.8, 4) is 0 Å². The number of likely N-dealkylation sites (N-methyl/N-ethyl adjacent to an activating group) is 1. The summed E-state index contributed by atoms with van der Waals surface area (Å²) in [7, 11) is 4.11. The van der Waals surface area contributed by atoms with Crippen molar-refractivity contribution in [1.29, 1.82) is 0 Å². The molecule has 0 spiro atoms. The van der Waals surface area contributed by atoms with Crippen LogP contribution in [-0.4, -0.2) is 67.6 Å². The molecule has 2 aliphatic rings. The minimum atomic E-state index is -0.253. The smallest absolute Gasteiger partial charge is 0.324 e. The van der Waals surface area contributed by atoms with E-state index in [2.05, 4.69) is 22.6 Å². The van der Waals surface area contributed by atoms with E-state index in [1.54, 1.807) is 0 Å². The van der Waals surface area contributed by atoms with Gasteiger partial charge in [-0.05, 0) is 39.8 Å². The molecule has 2 fully saturated rings. The summed E-state index contributed by atoms with van der Waals surface area (Å²) in [6.45, 7) is 1.40. The molecule has 2 rings (SSSR count). The Morgan fingerprint density at radius 1 is 1.32 bits per heavy atom. The van der Waals surface area contributed by atoms with Crippen molar-refractivity contribution in [1.82, 2.24) is 20.4 Å². The maximum Gasteiger partial charge on any atom is 0.324 e. The van der Waals surface area contributed by atoms with Crippen molar-refractivity contribution in [3.63, 3.8) is 0 Å². The number of amides is 3. The van der Waals surface area contributed by atoms with Crippen LogP contribution in [0.3, 0.4) is 0 Å². The summed E-state index contributed by atoms with van der Waals surface area (Å²) in [6.07, 6.45) is 4.77. The Labute approximate surface area is 114 Å². The summed E-state index contributed by atoms with van der Waals surface area (Å²) < 4.78 is 0. The van der Waals surface area contributed by atoms with Crippen LogP contribution >= 0.6 is 0 Å². The molecule has 0 atom stereocenters. The topological polar surface area (TPSA) is 64.7 Å². The molecule has 1 aliphatic carbocycles. The van der Waals surface area contributed by atoms with Crippen LogP contribution < -0.4 is 10.6 Å². The highest BCUT2D eigenvalue weighted by atomic mass is 16.2. The van der Waals surface area contributed by atoms with Crippen LogP contribution in [0.5, 0.6) is 0 Å². The molecule has 108 valence electrons. The molecule has 6 nitrogen and oxygen atoms in total. The van der Waals surface area contributed by atoms with Crippen LogP contribution in [0.15, 0.2) is 0 Å². The van der Waals surface area contributed by atoms with Crippen molar-refractivity contribution in [3.05, 3.63) is 0 Å². The largest absolute Gasteiger partial charge is 0.329 e. The van der Waals surface area contributed by atoms with Crippen molar-refractivity contribution < 1.29 is 9.59 Å². The third kappa shape index (κ3) is 3.45. The van der Waals surface area contributed by atoms with Crippen molar-refractivity contribution in [2.24, 2.45) is 0 Å². The number of urea groups is 1. The van der Waals surface area contributed by atoms with Gasteiger partial charge in [-0.2, -0.15) is 0 Å². The molecule has 19 heavy (non-hydrogen) atoms. The molecule has 0 bridgehead atoms. The van der Waals surface area contributed by atoms with Gasteiger partial charge in [0, 0.05) is 25.2 Å². The summed E-state index contributed by atoms with van der Waals surface area (Å²) in [5.74, 6) is -0.114. The molecule has 6 heteroatoms. The number of hydrogen-bond acceptors (Lipinski definition) is 4. The van der Waals surface area contributed by atoms with Crippen molar-refractivity contribution in [2.75, 3.05) is 33.7 Å². The second-order valence-electron chi connectivity index (χ2n) is 5.48. The van der Waals surface area contributed by atoms with E-state index in [1.807, 2.05) is 7.05 Å². The maximum atomic E-state index is 11.5. The molecule has 2 N–H and O–H groups in total. The van der Waals surface area contributed by atoms with E-state index >= 15 is 0 Å². The van der Waals surface area contributed by atoms with E-state index in [4.69, 9.17) is 0 Å². The van der Waals surface area contributed by atoms with Crippen LogP contribution in [-0.2, 0) is 4.79 Å². The van der Waals surface area contributed by atoms with E-state index < -0.39 is 0 Å². The zero-order valence-corrected chi connectivity index (χ0v) is 11.8. The lowest BCUT2D eigenvalue weighted by Crippen LogP contribution is -2.44. The number of hydrogen-bond donors (Lipinski definition) is 2. The second-order valence-corrected chi connectivity index (χ2v) is 5.48. The quantitative estimate of drug-likeness (QED) is 0.689. The van der Waals surface area contributed by atoms with Crippen LogP contribution in [0.1, 0.15) is 25.7 Å². The van der Waals surface area contributed by atoms with Gasteiger partial charge in [0.25, 0.3) is 0 Å². The fourth-order valence-electron chi connectivity index (χ4n) is 2.93. The lowest BCUT2D eigenvalue weighted by molar-refractivity contribution is -0.125. The zero-order valence-electron chi connectivity index (χ0n) is 11.8. The third-order valence-corrected chi connectivity index (χ3v) is 4.34. The molecular formula is C13H24N4O2. The third-order valence-electron chi connectivity index (χ3n) is 4.34. The number of imide groups is 1. The average Bonchev–Trinajstić information content (AvgIpc) is 2.75. The highest BCUT2D eigenvalue weighted by Crippen LogP contribution is 2.22. The first kappa shape index (κ1) is 14.3. The van der Waals surface area contributed by atoms with Gasteiger partial charge >= 0.3 is 6.03 Å². The molecule has 0 aromatic carbocycles. The van der Waals surface area contributed by atoms with Crippen LogP contribution in [0.25, 0.3) is 0 Å². The summed E-state index contributed by atoms with van der Waals surface area (Å²) in [6, 6.07) is 0.971. The summed E-state index contributed by atoms with van der Waals surface area (Å²) in [5.41, 5.74) is 0. The molecule has 0 aromatic heterocycles. The van der Waals surface area contributed by atoms with E-state index in [1.165, 1.54) is 30.6 Å². The molecule has 1 saturated heterocycles. The van der Waals surface area contributed by atoms with E-state index in [-0.39, 0.29) is 18.5 Å². The molecule has 1 heterocycles. The normalized spacial score (nSPS) is 28.1. The van der Waals surface area contributed by atoms with E-state index in [9.17, 15) is 9.59 Å². The molecule has 1 aliphatic heterocycles. The highest BCUT2D eigenvalue weighted by Gasteiger charge is 2.29. The highest BCUT2D eigenvalue weighted by molar-refractivity contribution is 6.01. The van der Waals surface area contributed by atoms with Gasteiger partial charge in [0.05, 0.1) is 6.54 Å². The van der Waals surface area contributed by atoms with Crippen LogP contribution in [0, 0.1) is 0 Å². The summed E-state index contributed by atoms with van der Waals surface area (Å²) in [5, 5.41) is 5.87. The molecule has 3 amide bonds. The standard InChI is InChI=1S/C13H24N4O2/c1-14-10-3-5-11(6-4-10)16(2)7-8-17-12(18)9-15-13(17)19/h10-11,14H,3-9H2,1-2H3,(H,15,19). The SMILES string of the molecule is CNC1CCC(N(C)CCN2C(=O)CNC2=O)CC1. The summed E-state index contributed by atoms with van der Waals surface area (Å²) >= 11 is 0. The minimum Gasteiger partial charge on any atom is -0.329 e. The van der Waals surface area contributed by atoms with Gasteiger partial charge in [-0.25, -0.2) is 4.79 Å². The first-order valence-corrected chi connectivity index (χ1v) is 7.07. The summed E-state index contributed by atoms with van der Waals surface area (Å²) in [4.78, 5) is 26.5. The predicted molar refractivity (Wildman–Crippen MR) is 72.8 cm³/mol. The van der Waals surface area contributed by atoms with E-state index in [0.29, 0.717) is 18.6 Å². The zero-order chi connectivity index (χ0) is 13.8. The molecule has 0 unspecified atom stereocenters. The monoisotopic (exact) mass is 268 g/mol. The fourth-order valence-corrected chi connectivity index (χ4v) is 2.93. The Hall–Kier alpha value is -1.14. The number of nitrogens with one attached hydrogen (secondary N) is 2. The lowest BCUT2D eigenvalue weighted by atomic mass is 9.90. The molecule has 1 saturated carbocycles. The van der Waals surface area contributed by atoms with Gasteiger partial charge in [0.1, 0.15) is 0 Å². The van der Waals surface area contributed by atoms with Crippen LogP contribution in [0.4, 0.5) is 4.79 Å². The molecule has 0 aromatic rings. The maximum absolute atomic E-state index is 11.5. The Bertz CT molecular complexity index is 324. The Morgan fingerprint density at radius 3 is 2.53 bits per heavy atom. The predicted octanol–water partition coefficient (Wildman–Crippen LogP) is 0.000600. The van der Waals surface area contributed by atoms with Gasteiger partial charge < -0.3 is 15.5 Å². The molecular weight excluding hydrogens is 244 g/mol. The van der Waals surface area contributed by atoms with Gasteiger partial charge in [0.15, 0.2) is 0 Å². The lowest BCUT2D eigenvalue weighted by Gasteiger charge is -2.35. The Balaban J connectivity index is 1.74. The number of carbonyl (C=O) groups is 2. The van der Waals surface area contributed by atoms with Gasteiger partial charge in [-0.1, -0.05) is 0 Å². The fraction of sp³-hybridized carbons (Fsp3) is 0.846. The number of nitrogens with zero attached hydrogens (tertiary/aromatic N) is 2. The Kier molecular flexibility index (Phi) is 4.76. The van der Waals surface area contributed by atoms with Gasteiger partial charge in [0.2, 0.25) is 5.91 Å². The number of rotatable bonds is 5. The molecule has 0 radical (unpaired) electrons. The minimum absolute atomic E-state index is 0.114. The average molecular weight is 268 g/mol. The number of carbonyl (C=O) groups excluding carboxylic acids is 2. The van der Waals surface area contributed by atoms with Gasteiger partial charge in [-0.15, -0.1) is 0 Å².